The van der Waals surface area contributed by atoms with Gasteiger partial charge in [0.15, 0.2) is 17.5 Å². The highest BCUT2D eigenvalue weighted by Crippen LogP contribution is 2.26. The van der Waals surface area contributed by atoms with Gasteiger partial charge in [-0.15, -0.1) is 5.10 Å². The number of hydrogen-bond donors (Lipinski definition) is 2. The van der Waals surface area contributed by atoms with Crippen molar-refractivity contribution in [3.8, 4) is 11.4 Å². The number of ether oxygens (including phenoxy) is 1. The quantitative estimate of drug-likeness (QED) is 0.700. The third-order valence-corrected chi connectivity index (χ3v) is 4.08. The van der Waals surface area contributed by atoms with E-state index in [1.165, 1.54) is 17.9 Å². The number of carbonyl (C=O) groups is 1. The van der Waals surface area contributed by atoms with Crippen LogP contribution in [0.4, 0.5) is 19.3 Å². The second-order valence-electron chi connectivity index (χ2n) is 6.02. The van der Waals surface area contributed by atoms with E-state index in [9.17, 15) is 13.6 Å². The normalized spacial score (nSPS) is 11.8. The SMILES string of the molecule is COc1ccc(NC(=O)NC(C)c2ccc(F)c(F)c2)cc1-n1nnnc1C. The minimum Gasteiger partial charge on any atom is -0.494 e. The third-order valence-electron chi connectivity index (χ3n) is 4.08. The number of nitrogens with zero attached hydrogens (tertiary/aromatic N) is 4. The molecule has 0 bridgehead atoms. The van der Waals surface area contributed by atoms with E-state index in [0.29, 0.717) is 28.5 Å². The van der Waals surface area contributed by atoms with Gasteiger partial charge in [-0.25, -0.2) is 13.6 Å². The van der Waals surface area contributed by atoms with Crippen LogP contribution in [0.2, 0.25) is 0 Å². The summed E-state index contributed by atoms with van der Waals surface area (Å²) in [6.45, 7) is 3.39. The van der Waals surface area contributed by atoms with Crippen LogP contribution in [0, 0.1) is 18.6 Å². The molecule has 2 N–H and O–H groups in total. The fraction of sp³-hybridized carbons (Fsp3) is 0.222. The molecule has 3 aromatic rings. The smallest absolute Gasteiger partial charge is 0.319 e. The first kappa shape index (κ1) is 19.2. The molecule has 1 unspecified atom stereocenters. The van der Waals surface area contributed by atoms with Crippen molar-refractivity contribution in [1.82, 2.24) is 25.5 Å². The maximum absolute atomic E-state index is 13.4. The number of hydrogen-bond acceptors (Lipinski definition) is 5. The fourth-order valence-corrected chi connectivity index (χ4v) is 2.62. The van der Waals surface area contributed by atoms with Gasteiger partial charge in [0.2, 0.25) is 0 Å². The van der Waals surface area contributed by atoms with Crippen molar-refractivity contribution in [3.05, 3.63) is 59.4 Å². The fourth-order valence-electron chi connectivity index (χ4n) is 2.62. The van der Waals surface area contributed by atoms with Gasteiger partial charge in [-0.3, -0.25) is 0 Å². The van der Waals surface area contributed by atoms with E-state index in [2.05, 4.69) is 26.2 Å². The van der Waals surface area contributed by atoms with E-state index in [1.807, 2.05) is 0 Å². The highest BCUT2D eigenvalue weighted by molar-refractivity contribution is 5.90. The van der Waals surface area contributed by atoms with Crippen LogP contribution in [0.15, 0.2) is 36.4 Å². The molecule has 146 valence electrons. The zero-order valence-corrected chi connectivity index (χ0v) is 15.4. The second kappa shape index (κ2) is 7.99. The molecule has 0 spiro atoms. The molecule has 10 heteroatoms. The molecule has 1 atom stereocenters. The van der Waals surface area contributed by atoms with Crippen LogP contribution in [-0.4, -0.2) is 33.3 Å². The summed E-state index contributed by atoms with van der Waals surface area (Å²) in [5, 5.41) is 16.7. The minimum absolute atomic E-state index is 0.439. The second-order valence-corrected chi connectivity index (χ2v) is 6.02. The summed E-state index contributed by atoms with van der Waals surface area (Å²) in [6.07, 6.45) is 0. The van der Waals surface area contributed by atoms with Gasteiger partial charge in [0.25, 0.3) is 0 Å². The molecule has 2 aromatic carbocycles. The van der Waals surface area contributed by atoms with Gasteiger partial charge in [0.05, 0.1) is 13.2 Å². The zero-order valence-electron chi connectivity index (χ0n) is 15.4. The number of amides is 2. The molecule has 28 heavy (non-hydrogen) atoms. The molecule has 2 amide bonds. The standard InChI is InChI=1S/C18H18F2N6O2/c1-10(12-4-6-14(19)15(20)8-12)21-18(27)22-13-5-7-17(28-3)16(9-13)26-11(2)23-24-25-26/h4-10H,1-3H3,(H2,21,22,27). The Morgan fingerprint density at radius 2 is 1.96 bits per heavy atom. The summed E-state index contributed by atoms with van der Waals surface area (Å²) >= 11 is 0. The molecule has 0 saturated carbocycles. The number of urea groups is 1. The Hall–Kier alpha value is -3.56. The maximum atomic E-state index is 13.4. The molecule has 0 radical (unpaired) electrons. The monoisotopic (exact) mass is 388 g/mol. The molecule has 0 fully saturated rings. The number of nitrogens with one attached hydrogen (secondary N) is 2. The van der Waals surface area contributed by atoms with E-state index in [4.69, 9.17) is 4.74 Å². The van der Waals surface area contributed by atoms with E-state index in [-0.39, 0.29) is 0 Å². The van der Waals surface area contributed by atoms with Crippen LogP contribution in [0.3, 0.4) is 0 Å². The summed E-state index contributed by atoms with van der Waals surface area (Å²) in [5.41, 5.74) is 1.46. The Labute approximate surface area is 159 Å². The number of tetrazole rings is 1. The summed E-state index contributed by atoms with van der Waals surface area (Å²) in [6, 6.07) is 7.42. The summed E-state index contributed by atoms with van der Waals surface area (Å²) in [4.78, 5) is 12.3. The van der Waals surface area contributed by atoms with Crippen LogP contribution in [0.5, 0.6) is 5.75 Å². The number of anilines is 1. The molecule has 0 saturated heterocycles. The first-order chi connectivity index (χ1) is 13.4. The Morgan fingerprint density at radius 1 is 1.18 bits per heavy atom. The van der Waals surface area contributed by atoms with Crippen molar-refractivity contribution in [3.63, 3.8) is 0 Å². The molecular weight excluding hydrogens is 370 g/mol. The summed E-state index contributed by atoms with van der Waals surface area (Å²) in [5.74, 6) is -0.837. The Kier molecular flexibility index (Phi) is 5.48. The van der Waals surface area contributed by atoms with Crippen molar-refractivity contribution >= 4 is 11.7 Å². The van der Waals surface area contributed by atoms with Crippen molar-refractivity contribution in [2.24, 2.45) is 0 Å². The molecule has 1 aromatic heterocycles. The molecular formula is C18H18F2N6O2. The van der Waals surface area contributed by atoms with Crippen LogP contribution < -0.4 is 15.4 Å². The number of aryl methyl sites for hydroxylation is 1. The van der Waals surface area contributed by atoms with Crippen molar-refractivity contribution in [2.45, 2.75) is 19.9 Å². The van der Waals surface area contributed by atoms with Gasteiger partial charge in [0.1, 0.15) is 11.4 Å². The van der Waals surface area contributed by atoms with Crippen molar-refractivity contribution in [2.75, 3.05) is 12.4 Å². The number of carbonyl (C=O) groups excluding carboxylic acids is 1. The summed E-state index contributed by atoms with van der Waals surface area (Å²) in [7, 11) is 1.52. The van der Waals surface area contributed by atoms with Gasteiger partial charge in [-0.1, -0.05) is 6.07 Å². The topological polar surface area (TPSA) is 94.0 Å². The lowest BCUT2D eigenvalue weighted by molar-refractivity contribution is 0.249. The number of rotatable bonds is 5. The predicted molar refractivity (Wildman–Crippen MR) is 97.4 cm³/mol. The predicted octanol–water partition coefficient (Wildman–Crippen LogP) is 3.14. The molecule has 0 aliphatic heterocycles. The molecule has 8 nitrogen and oxygen atoms in total. The summed E-state index contributed by atoms with van der Waals surface area (Å²) < 4.78 is 33.2. The van der Waals surface area contributed by atoms with Gasteiger partial charge in [-0.05, 0) is 60.2 Å². The molecule has 1 heterocycles. The largest absolute Gasteiger partial charge is 0.494 e. The molecule has 3 rings (SSSR count). The van der Waals surface area contributed by atoms with Gasteiger partial charge < -0.3 is 15.4 Å². The third kappa shape index (κ3) is 4.05. The first-order valence-electron chi connectivity index (χ1n) is 8.35. The highest BCUT2D eigenvalue weighted by Gasteiger charge is 2.15. The average Bonchev–Trinajstić information content (AvgIpc) is 3.09. The Bertz CT molecular complexity index is 1010. The van der Waals surface area contributed by atoms with Crippen LogP contribution in [-0.2, 0) is 0 Å². The number of halogens is 2. The Balaban J connectivity index is 1.75. The van der Waals surface area contributed by atoms with Crippen molar-refractivity contribution in [1.29, 1.82) is 0 Å². The lowest BCUT2D eigenvalue weighted by atomic mass is 10.1. The van der Waals surface area contributed by atoms with Gasteiger partial charge in [0, 0.05) is 5.69 Å². The van der Waals surface area contributed by atoms with Crippen LogP contribution >= 0.6 is 0 Å². The first-order valence-corrected chi connectivity index (χ1v) is 8.35. The Morgan fingerprint density at radius 3 is 2.61 bits per heavy atom. The minimum atomic E-state index is -0.969. The zero-order chi connectivity index (χ0) is 20.3. The number of methoxy groups -OCH3 is 1. The van der Waals surface area contributed by atoms with Gasteiger partial charge in [-0.2, -0.15) is 4.68 Å². The lowest BCUT2D eigenvalue weighted by Crippen LogP contribution is -2.31. The molecule has 0 aliphatic carbocycles. The average molecular weight is 388 g/mol. The molecule has 0 aliphatic rings. The maximum Gasteiger partial charge on any atom is 0.319 e. The number of aromatic nitrogens is 4. The van der Waals surface area contributed by atoms with E-state index in [1.54, 1.807) is 32.0 Å². The van der Waals surface area contributed by atoms with Gasteiger partial charge >= 0.3 is 6.03 Å². The number of benzene rings is 2. The van der Waals surface area contributed by atoms with E-state index < -0.39 is 23.7 Å². The lowest BCUT2D eigenvalue weighted by Gasteiger charge is -2.16. The highest BCUT2D eigenvalue weighted by atomic mass is 19.2. The van der Waals surface area contributed by atoms with Crippen LogP contribution in [0.1, 0.15) is 24.4 Å². The van der Waals surface area contributed by atoms with Crippen molar-refractivity contribution < 1.29 is 18.3 Å². The van der Waals surface area contributed by atoms with Crippen LogP contribution in [0.25, 0.3) is 5.69 Å². The van der Waals surface area contributed by atoms with E-state index in [0.717, 1.165) is 12.1 Å². The van der Waals surface area contributed by atoms with E-state index >= 15 is 0 Å².